The molecule has 1 heterocycles. The molecule has 1 aliphatic heterocycles. The summed E-state index contributed by atoms with van der Waals surface area (Å²) in [6.45, 7) is 0.912. The molecule has 0 radical (unpaired) electrons. The summed E-state index contributed by atoms with van der Waals surface area (Å²) < 4.78 is 0.923. The second kappa shape index (κ2) is 9.86. The number of likely N-dealkylation sites (tertiary alicyclic amines) is 1. The molecular formula is C18H24IN3O4. The molecule has 0 aromatic heterocycles. The first kappa shape index (κ1) is 20.6. The van der Waals surface area contributed by atoms with Gasteiger partial charge >= 0.3 is 5.97 Å². The van der Waals surface area contributed by atoms with E-state index in [9.17, 15) is 19.5 Å². The number of unbranched alkanes of at least 4 members (excludes halogenated alkanes) is 1. The molecule has 0 bridgehead atoms. The lowest BCUT2D eigenvalue weighted by Gasteiger charge is -2.27. The molecule has 1 saturated heterocycles. The van der Waals surface area contributed by atoms with Crippen LogP contribution in [-0.4, -0.2) is 53.0 Å². The van der Waals surface area contributed by atoms with Gasteiger partial charge in [-0.2, -0.15) is 0 Å². The van der Waals surface area contributed by atoms with E-state index in [0.717, 1.165) is 9.99 Å². The maximum Gasteiger partial charge on any atom is 0.326 e. The molecular weight excluding hydrogens is 449 g/mol. The van der Waals surface area contributed by atoms with Crippen LogP contribution < -0.4 is 11.1 Å². The fraction of sp³-hybridized carbons (Fsp3) is 0.500. The topological polar surface area (TPSA) is 113 Å². The van der Waals surface area contributed by atoms with E-state index in [1.807, 2.05) is 6.07 Å². The Morgan fingerprint density at radius 3 is 2.77 bits per heavy atom. The number of nitrogens with one attached hydrogen (secondary N) is 1. The van der Waals surface area contributed by atoms with Crippen LogP contribution in [0.2, 0.25) is 0 Å². The molecule has 8 heteroatoms. The van der Waals surface area contributed by atoms with Crippen molar-refractivity contribution in [1.82, 2.24) is 10.2 Å². The third-order valence-corrected chi connectivity index (χ3v) is 5.13. The number of halogens is 1. The summed E-state index contributed by atoms with van der Waals surface area (Å²) in [6, 6.07) is 5.54. The van der Waals surface area contributed by atoms with Gasteiger partial charge in [0.1, 0.15) is 12.1 Å². The molecule has 0 aliphatic carbocycles. The van der Waals surface area contributed by atoms with Gasteiger partial charge in [0.05, 0.1) is 0 Å². The molecule has 1 aromatic rings. The number of nitrogens with two attached hydrogens (primary N) is 1. The number of hydrogen-bond acceptors (Lipinski definition) is 4. The van der Waals surface area contributed by atoms with Gasteiger partial charge in [-0.1, -0.05) is 6.07 Å². The Bertz CT molecular complexity index is 668. The molecule has 7 nitrogen and oxygen atoms in total. The zero-order chi connectivity index (χ0) is 19.1. The number of carbonyl (C=O) groups excluding carboxylic acids is 2. The highest BCUT2D eigenvalue weighted by Gasteiger charge is 2.37. The fourth-order valence-electron chi connectivity index (χ4n) is 3.11. The molecule has 2 rings (SSSR count). The minimum absolute atomic E-state index is 0.328. The third kappa shape index (κ3) is 5.41. The molecule has 1 aliphatic rings. The number of benzene rings is 1. The number of amides is 2. The van der Waals surface area contributed by atoms with E-state index in [1.165, 1.54) is 4.90 Å². The lowest BCUT2D eigenvalue weighted by molar-refractivity contribution is -0.149. The minimum Gasteiger partial charge on any atom is -0.480 e. The second-order valence-corrected chi connectivity index (χ2v) is 7.59. The van der Waals surface area contributed by atoms with Crippen molar-refractivity contribution in [3.05, 3.63) is 33.4 Å². The van der Waals surface area contributed by atoms with Gasteiger partial charge in [0, 0.05) is 15.7 Å². The molecule has 1 fully saturated rings. The standard InChI is InChI=1S/C18H24IN3O4/c19-13-6-3-5-12(11-13)16(23)21-14(7-1-2-9-20)17(24)22-10-4-8-15(22)18(25)26/h3,5-6,11,14-15H,1-2,4,7-10,20H2,(H,21,23)(H,25,26)/t14-,15-/m0/s1. The Morgan fingerprint density at radius 2 is 2.12 bits per heavy atom. The Balaban J connectivity index is 2.13. The SMILES string of the molecule is NCCCC[C@H](NC(=O)c1cccc(I)c1)C(=O)N1CCC[C@H]1C(=O)O. The van der Waals surface area contributed by atoms with Crippen LogP contribution in [0.25, 0.3) is 0 Å². The summed E-state index contributed by atoms with van der Waals surface area (Å²) in [7, 11) is 0. The molecule has 142 valence electrons. The number of aliphatic carboxylic acids is 1. The Labute approximate surface area is 166 Å². The van der Waals surface area contributed by atoms with Crippen molar-refractivity contribution in [3.8, 4) is 0 Å². The highest BCUT2D eigenvalue weighted by Crippen LogP contribution is 2.20. The first-order chi connectivity index (χ1) is 12.4. The predicted octanol–water partition coefficient (Wildman–Crippen LogP) is 1.59. The van der Waals surface area contributed by atoms with Gasteiger partial charge in [-0.25, -0.2) is 4.79 Å². The number of carbonyl (C=O) groups is 3. The number of carboxylic acid groups (broad SMARTS) is 1. The Hall–Kier alpha value is -1.68. The van der Waals surface area contributed by atoms with Crippen LogP contribution in [0.4, 0.5) is 0 Å². The van der Waals surface area contributed by atoms with E-state index in [2.05, 4.69) is 27.9 Å². The van der Waals surface area contributed by atoms with Crippen LogP contribution in [0.15, 0.2) is 24.3 Å². The van der Waals surface area contributed by atoms with Gasteiger partial charge < -0.3 is 21.1 Å². The van der Waals surface area contributed by atoms with Gasteiger partial charge in [-0.15, -0.1) is 0 Å². The van der Waals surface area contributed by atoms with Crippen molar-refractivity contribution in [2.45, 2.75) is 44.2 Å². The number of nitrogens with zero attached hydrogens (tertiary/aromatic N) is 1. The molecule has 2 atom stereocenters. The van der Waals surface area contributed by atoms with Crippen molar-refractivity contribution in [3.63, 3.8) is 0 Å². The highest BCUT2D eigenvalue weighted by atomic mass is 127. The van der Waals surface area contributed by atoms with E-state index in [-0.39, 0.29) is 11.8 Å². The van der Waals surface area contributed by atoms with Crippen molar-refractivity contribution in [2.75, 3.05) is 13.1 Å². The summed E-state index contributed by atoms with van der Waals surface area (Å²) in [5.74, 6) is -1.66. The summed E-state index contributed by atoms with van der Waals surface area (Å²) in [4.78, 5) is 38.2. The highest BCUT2D eigenvalue weighted by molar-refractivity contribution is 14.1. The third-order valence-electron chi connectivity index (χ3n) is 4.46. The monoisotopic (exact) mass is 473 g/mol. The van der Waals surface area contributed by atoms with Gasteiger partial charge in [0.15, 0.2) is 0 Å². The van der Waals surface area contributed by atoms with Crippen LogP contribution in [0, 0.1) is 3.57 Å². The van der Waals surface area contributed by atoms with Crippen LogP contribution in [0.1, 0.15) is 42.5 Å². The number of hydrogen-bond donors (Lipinski definition) is 3. The molecule has 26 heavy (non-hydrogen) atoms. The maximum atomic E-state index is 12.9. The van der Waals surface area contributed by atoms with Crippen LogP contribution in [0.5, 0.6) is 0 Å². The van der Waals surface area contributed by atoms with Gasteiger partial charge in [-0.05, 0) is 79.4 Å². The molecule has 0 unspecified atom stereocenters. The van der Waals surface area contributed by atoms with Crippen LogP contribution >= 0.6 is 22.6 Å². The van der Waals surface area contributed by atoms with E-state index in [0.29, 0.717) is 44.3 Å². The maximum absolute atomic E-state index is 12.9. The number of carboxylic acids is 1. The van der Waals surface area contributed by atoms with Crippen LogP contribution in [-0.2, 0) is 9.59 Å². The molecule has 0 spiro atoms. The minimum atomic E-state index is -1.000. The predicted molar refractivity (Wildman–Crippen MR) is 106 cm³/mol. The van der Waals surface area contributed by atoms with Crippen molar-refractivity contribution in [1.29, 1.82) is 0 Å². The normalized spacial score (nSPS) is 17.8. The van der Waals surface area contributed by atoms with Crippen molar-refractivity contribution >= 4 is 40.4 Å². The molecule has 1 aromatic carbocycles. The average molecular weight is 473 g/mol. The van der Waals surface area contributed by atoms with Gasteiger partial charge in [0.2, 0.25) is 5.91 Å². The largest absolute Gasteiger partial charge is 0.480 e. The lowest BCUT2D eigenvalue weighted by Crippen LogP contribution is -2.51. The van der Waals surface area contributed by atoms with Crippen LogP contribution in [0.3, 0.4) is 0 Å². The van der Waals surface area contributed by atoms with E-state index in [1.54, 1.807) is 18.2 Å². The smallest absolute Gasteiger partial charge is 0.326 e. The second-order valence-electron chi connectivity index (χ2n) is 6.35. The van der Waals surface area contributed by atoms with Gasteiger partial charge in [-0.3, -0.25) is 9.59 Å². The Morgan fingerprint density at radius 1 is 1.35 bits per heavy atom. The lowest BCUT2D eigenvalue weighted by atomic mass is 10.1. The van der Waals surface area contributed by atoms with Crippen molar-refractivity contribution < 1.29 is 19.5 Å². The average Bonchev–Trinajstić information content (AvgIpc) is 3.10. The summed E-state index contributed by atoms with van der Waals surface area (Å²) in [5, 5.41) is 12.1. The van der Waals surface area contributed by atoms with Crippen molar-refractivity contribution in [2.24, 2.45) is 5.73 Å². The number of rotatable bonds is 8. The summed E-state index contributed by atoms with van der Waals surface area (Å²) in [5.41, 5.74) is 6.00. The van der Waals surface area contributed by atoms with Gasteiger partial charge in [0.25, 0.3) is 5.91 Å². The first-order valence-electron chi connectivity index (χ1n) is 8.74. The van der Waals surface area contributed by atoms with E-state index in [4.69, 9.17) is 5.73 Å². The molecule has 2 amide bonds. The Kier molecular flexibility index (Phi) is 7.83. The molecule has 4 N–H and O–H groups in total. The van der Waals surface area contributed by atoms with E-state index < -0.39 is 18.1 Å². The first-order valence-corrected chi connectivity index (χ1v) is 9.81. The fourth-order valence-corrected chi connectivity index (χ4v) is 3.65. The van der Waals surface area contributed by atoms with E-state index >= 15 is 0 Å². The summed E-state index contributed by atoms with van der Waals surface area (Å²) >= 11 is 2.12. The summed E-state index contributed by atoms with van der Waals surface area (Å²) in [6.07, 6.45) is 2.97. The zero-order valence-electron chi connectivity index (χ0n) is 14.5. The molecule has 0 saturated carbocycles. The quantitative estimate of drug-likeness (QED) is 0.392. The zero-order valence-corrected chi connectivity index (χ0v) is 16.6.